The second-order valence-corrected chi connectivity index (χ2v) is 6.83. The minimum absolute atomic E-state index is 0.147. The number of benzene rings is 1. The fraction of sp³-hybridized carbons (Fsp3) is 0.588. The monoisotopic (exact) mass is 352 g/mol. The quantitative estimate of drug-likeness (QED) is 0.874. The van der Waals surface area contributed by atoms with Crippen LogP contribution in [0.15, 0.2) is 22.7 Å². The number of hydrogen-bond donors (Lipinski definition) is 1. The second kappa shape index (κ2) is 7.95. The molecule has 0 aromatic heterocycles. The third-order valence-electron chi connectivity index (χ3n) is 3.92. The Bertz CT molecular complexity index is 463. The van der Waals surface area contributed by atoms with E-state index in [9.17, 15) is 4.79 Å². The summed E-state index contributed by atoms with van der Waals surface area (Å²) in [6.45, 7) is 6.87. The highest BCUT2D eigenvalue weighted by atomic mass is 79.9. The third-order valence-corrected chi connectivity index (χ3v) is 4.38. The lowest BCUT2D eigenvalue weighted by Gasteiger charge is -2.30. The maximum atomic E-state index is 12.8. The average molecular weight is 353 g/mol. The molecule has 1 heterocycles. The molecule has 1 saturated heterocycles. The van der Waals surface area contributed by atoms with Crippen molar-refractivity contribution >= 4 is 21.8 Å². The van der Waals surface area contributed by atoms with E-state index < -0.39 is 0 Å². The summed E-state index contributed by atoms with van der Waals surface area (Å²) in [5.74, 6) is 0.147. The molecular formula is C17H25BrN2O. The lowest BCUT2D eigenvalue weighted by Crippen LogP contribution is -2.46. The predicted octanol–water partition coefficient (Wildman–Crippen LogP) is 3.75. The fourth-order valence-corrected chi connectivity index (χ4v) is 3.54. The molecule has 21 heavy (non-hydrogen) atoms. The van der Waals surface area contributed by atoms with Crippen molar-refractivity contribution in [2.45, 2.75) is 45.6 Å². The van der Waals surface area contributed by atoms with E-state index in [0.29, 0.717) is 6.04 Å². The van der Waals surface area contributed by atoms with Gasteiger partial charge in [-0.15, -0.1) is 0 Å². The number of carbonyl (C=O) groups is 1. The highest BCUT2D eigenvalue weighted by Crippen LogP contribution is 2.18. The van der Waals surface area contributed by atoms with E-state index in [2.05, 4.69) is 28.2 Å². The zero-order chi connectivity index (χ0) is 15.2. The van der Waals surface area contributed by atoms with Gasteiger partial charge in [-0.3, -0.25) is 4.79 Å². The Labute approximate surface area is 136 Å². The number of piperidine rings is 1. The molecule has 0 aliphatic carbocycles. The SMILES string of the molecule is CCCN(CC1CCCCN1)C(=O)c1cc(C)cc(Br)c1. The van der Waals surface area contributed by atoms with E-state index in [0.717, 1.165) is 41.7 Å². The Morgan fingerprint density at radius 2 is 2.19 bits per heavy atom. The molecule has 1 N–H and O–H groups in total. The Balaban J connectivity index is 2.10. The van der Waals surface area contributed by atoms with Crippen LogP contribution >= 0.6 is 15.9 Å². The van der Waals surface area contributed by atoms with Gasteiger partial charge in [0.05, 0.1) is 0 Å². The molecular weight excluding hydrogens is 328 g/mol. The highest BCUT2D eigenvalue weighted by Gasteiger charge is 2.21. The zero-order valence-electron chi connectivity index (χ0n) is 13.0. The van der Waals surface area contributed by atoms with Gasteiger partial charge in [0.25, 0.3) is 5.91 Å². The summed E-state index contributed by atoms with van der Waals surface area (Å²) in [6.07, 6.45) is 4.68. The first-order valence-electron chi connectivity index (χ1n) is 7.90. The molecule has 1 fully saturated rings. The van der Waals surface area contributed by atoms with Crippen molar-refractivity contribution in [3.05, 3.63) is 33.8 Å². The Hall–Kier alpha value is -0.870. The van der Waals surface area contributed by atoms with Crippen LogP contribution in [0.1, 0.15) is 48.5 Å². The topological polar surface area (TPSA) is 32.3 Å². The number of halogens is 1. The maximum Gasteiger partial charge on any atom is 0.253 e. The molecule has 1 aliphatic rings. The molecule has 1 unspecified atom stereocenters. The molecule has 1 aromatic rings. The van der Waals surface area contributed by atoms with Gasteiger partial charge >= 0.3 is 0 Å². The maximum absolute atomic E-state index is 12.8. The van der Waals surface area contributed by atoms with Crippen LogP contribution in [-0.4, -0.2) is 36.5 Å². The highest BCUT2D eigenvalue weighted by molar-refractivity contribution is 9.10. The Kier molecular flexibility index (Phi) is 6.24. The van der Waals surface area contributed by atoms with Crippen LogP contribution in [0.25, 0.3) is 0 Å². The molecule has 3 nitrogen and oxygen atoms in total. The number of carbonyl (C=O) groups excluding carboxylic acids is 1. The molecule has 0 saturated carbocycles. The van der Waals surface area contributed by atoms with Crippen molar-refractivity contribution in [2.75, 3.05) is 19.6 Å². The van der Waals surface area contributed by atoms with Gasteiger partial charge in [-0.05, 0) is 56.5 Å². The smallest absolute Gasteiger partial charge is 0.253 e. The van der Waals surface area contributed by atoms with E-state index in [-0.39, 0.29) is 5.91 Å². The van der Waals surface area contributed by atoms with Crippen molar-refractivity contribution < 1.29 is 4.79 Å². The summed E-state index contributed by atoms with van der Waals surface area (Å²) in [7, 11) is 0. The normalized spacial score (nSPS) is 18.5. The van der Waals surface area contributed by atoms with Crippen molar-refractivity contribution in [2.24, 2.45) is 0 Å². The van der Waals surface area contributed by atoms with Gasteiger partial charge in [-0.2, -0.15) is 0 Å². The van der Waals surface area contributed by atoms with Crippen LogP contribution in [0.2, 0.25) is 0 Å². The number of rotatable bonds is 5. The van der Waals surface area contributed by atoms with Gasteiger partial charge in [0, 0.05) is 29.2 Å². The summed E-state index contributed by atoms with van der Waals surface area (Å²) < 4.78 is 0.970. The summed E-state index contributed by atoms with van der Waals surface area (Å²) in [4.78, 5) is 14.8. The fourth-order valence-electron chi connectivity index (χ4n) is 2.93. The standard InChI is InChI=1S/C17H25BrN2O/c1-3-8-20(12-16-6-4-5-7-19-16)17(21)14-9-13(2)10-15(18)11-14/h9-11,16,19H,3-8,12H2,1-2H3. The van der Waals surface area contributed by atoms with Crippen molar-refractivity contribution in [3.8, 4) is 0 Å². The minimum atomic E-state index is 0.147. The molecule has 4 heteroatoms. The van der Waals surface area contributed by atoms with E-state index in [1.807, 2.05) is 30.0 Å². The zero-order valence-corrected chi connectivity index (χ0v) is 14.6. The first-order chi connectivity index (χ1) is 10.1. The van der Waals surface area contributed by atoms with Crippen molar-refractivity contribution in [3.63, 3.8) is 0 Å². The van der Waals surface area contributed by atoms with Gasteiger partial charge < -0.3 is 10.2 Å². The van der Waals surface area contributed by atoms with Crippen LogP contribution in [0.5, 0.6) is 0 Å². The van der Waals surface area contributed by atoms with E-state index in [4.69, 9.17) is 0 Å². The van der Waals surface area contributed by atoms with Gasteiger partial charge in [0.15, 0.2) is 0 Å². The largest absolute Gasteiger partial charge is 0.337 e. The van der Waals surface area contributed by atoms with E-state index in [1.54, 1.807) is 0 Å². The van der Waals surface area contributed by atoms with Crippen molar-refractivity contribution in [1.29, 1.82) is 0 Å². The molecule has 116 valence electrons. The summed E-state index contributed by atoms with van der Waals surface area (Å²) in [5, 5.41) is 3.53. The van der Waals surface area contributed by atoms with Crippen LogP contribution < -0.4 is 5.32 Å². The molecule has 1 aliphatic heterocycles. The van der Waals surface area contributed by atoms with Gasteiger partial charge in [-0.1, -0.05) is 29.3 Å². The van der Waals surface area contributed by atoms with Gasteiger partial charge in [0.2, 0.25) is 0 Å². The number of nitrogens with zero attached hydrogens (tertiary/aromatic N) is 1. The Morgan fingerprint density at radius 3 is 2.81 bits per heavy atom. The molecule has 0 spiro atoms. The molecule has 0 bridgehead atoms. The van der Waals surface area contributed by atoms with E-state index >= 15 is 0 Å². The summed E-state index contributed by atoms with van der Waals surface area (Å²) in [5.41, 5.74) is 1.89. The molecule has 1 aromatic carbocycles. The van der Waals surface area contributed by atoms with Gasteiger partial charge in [0.1, 0.15) is 0 Å². The summed E-state index contributed by atoms with van der Waals surface area (Å²) >= 11 is 3.48. The molecule has 1 amide bonds. The van der Waals surface area contributed by atoms with Crippen LogP contribution in [0, 0.1) is 6.92 Å². The summed E-state index contributed by atoms with van der Waals surface area (Å²) in [6, 6.07) is 6.38. The Morgan fingerprint density at radius 1 is 1.38 bits per heavy atom. The van der Waals surface area contributed by atoms with Crippen LogP contribution in [-0.2, 0) is 0 Å². The third kappa shape index (κ3) is 4.82. The van der Waals surface area contributed by atoms with Gasteiger partial charge in [-0.25, -0.2) is 0 Å². The van der Waals surface area contributed by atoms with Crippen LogP contribution in [0.3, 0.4) is 0 Å². The first kappa shape index (κ1) is 16.5. The number of nitrogens with one attached hydrogen (secondary N) is 1. The van der Waals surface area contributed by atoms with Crippen LogP contribution in [0.4, 0.5) is 0 Å². The lowest BCUT2D eigenvalue weighted by molar-refractivity contribution is 0.0731. The second-order valence-electron chi connectivity index (χ2n) is 5.92. The van der Waals surface area contributed by atoms with E-state index in [1.165, 1.54) is 19.3 Å². The minimum Gasteiger partial charge on any atom is -0.337 e. The van der Waals surface area contributed by atoms with Crippen molar-refractivity contribution in [1.82, 2.24) is 10.2 Å². The number of aryl methyl sites for hydroxylation is 1. The predicted molar refractivity (Wildman–Crippen MR) is 90.7 cm³/mol. The lowest BCUT2D eigenvalue weighted by atomic mass is 10.0. The first-order valence-corrected chi connectivity index (χ1v) is 8.69. The number of amides is 1. The average Bonchev–Trinajstić information content (AvgIpc) is 2.46. The molecule has 2 rings (SSSR count). The molecule has 1 atom stereocenters. The molecule has 0 radical (unpaired) electrons. The number of hydrogen-bond acceptors (Lipinski definition) is 2.